The van der Waals surface area contributed by atoms with Gasteiger partial charge in [-0.05, 0) is 44.3 Å². The Labute approximate surface area is 129 Å². The zero-order valence-corrected chi connectivity index (χ0v) is 13.8. The molecule has 0 saturated heterocycles. The van der Waals surface area contributed by atoms with Crippen LogP contribution in [0.2, 0.25) is 0 Å². The molecular weight excluding hydrogens is 314 g/mol. The Morgan fingerprint density at radius 1 is 1.10 bits per heavy atom. The third kappa shape index (κ3) is 4.09. The molecule has 0 aromatic heterocycles. The molecule has 106 valence electrons. The van der Waals surface area contributed by atoms with Gasteiger partial charge in [0.2, 0.25) is 0 Å². The summed E-state index contributed by atoms with van der Waals surface area (Å²) in [6.45, 7) is 3.55. The molecule has 2 rings (SSSR count). The molecule has 0 saturated carbocycles. The van der Waals surface area contributed by atoms with Crippen LogP contribution in [0.5, 0.6) is 5.75 Å². The van der Waals surface area contributed by atoms with Crippen LogP contribution in [0, 0.1) is 6.92 Å². The number of aryl methyl sites for hydroxylation is 1. The van der Waals surface area contributed by atoms with E-state index in [4.69, 9.17) is 4.74 Å². The first-order valence-electron chi connectivity index (χ1n) is 6.66. The van der Waals surface area contributed by atoms with Crippen molar-refractivity contribution < 1.29 is 4.74 Å². The van der Waals surface area contributed by atoms with Gasteiger partial charge in [0.25, 0.3) is 0 Å². The standard InChI is InChI=1S/C17H20BrNO/c1-13-9-16(18)10-15(11-19(2)3)17(13)20-12-14-7-5-4-6-8-14/h4-10H,11-12H2,1-3H3. The summed E-state index contributed by atoms with van der Waals surface area (Å²) in [4.78, 5) is 2.15. The van der Waals surface area contributed by atoms with Crippen LogP contribution in [0.1, 0.15) is 16.7 Å². The second-order valence-electron chi connectivity index (χ2n) is 5.22. The van der Waals surface area contributed by atoms with Crippen molar-refractivity contribution >= 4 is 15.9 Å². The summed E-state index contributed by atoms with van der Waals surface area (Å²) < 4.78 is 7.16. The number of hydrogen-bond donors (Lipinski definition) is 0. The van der Waals surface area contributed by atoms with E-state index in [9.17, 15) is 0 Å². The van der Waals surface area contributed by atoms with E-state index in [-0.39, 0.29) is 0 Å². The lowest BCUT2D eigenvalue weighted by molar-refractivity contribution is 0.293. The zero-order valence-electron chi connectivity index (χ0n) is 12.2. The van der Waals surface area contributed by atoms with Gasteiger partial charge in [0.05, 0.1) is 0 Å². The average Bonchev–Trinajstić information content (AvgIpc) is 2.38. The molecule has 0 fully saturated rings. The van der Waals surface area contributed by atoms with E-state index >= 15 is 0 Å². The monoisotopic (exact) mass is 333 g/mol. The van der Waals surface area contributed by atoms with Crippen molar-refractivity contribution in [1.82, 2.24) is 4.90 Å². The molecule has 20 heavy (non-hydrogen) atoms. The molecule has 0 aliphatic rings. The SMILES string of the molecule is Cc1cc(Br)cc(CN(C)C)c1OCc1ccccc1. The van der Waals surface area contributed by atoms with Crippen LogP contribution in [-0.2, 0) is 13.2 Å². The van der Waals surface area contributed by atoms with E-state index in [0.717, 1.165) is 22.3 Å². The first-order valence-corrected chi connectivity index (χ1v) is 7.46. The van der Waals surface area contributed by atoms with Gasteiger partial charge in [-0.1, -0.05) is 46.3 Å². The van der Waals surface area contributed by atoms with Gasteiger partial charge < -0.3 is 9.64 Å². The van der Waals surface area contributed by atoms with Crippen molar-refractivity contribution in [2.75, 3.05) is 14.1 Å². The maximum Gasteiger partial charge on any atom is 0.127 e. The molecule has 0 amide bonds. The molecule has 0 unspecified atom stereocenters. The Balaban J connectivity index is 2.21. The van der Waals surface area contributed by atoms with Gasteiger partial charge in [-0.25, -0.2) is 0 Å². The van der Waals surface area contributed by atoms with E-state index in [1.807, 2.05) is 18.2 Å². The normalized spacial score (nSPS) is 10.8. The average molecular weight is 334 g/mol. The first kappa shape index (κ1) is 15.1. The highest BCUT2D eigenvalue weighted by molar-refractivity contribution is 9.10. The smallest absolute Gasteiger partial charge is 0.127 e. The topological polar surface area (TPSA) is 12.5 Å². The molecule has 0 aliphatic carbocycles. The predicted octanol–water partition coefficient (Wildman–Crippen LogP) is 4.40. The molecule has 0 bridgehead atoms. The molecule has 0 spiro atoms. The van der Waals surface area contributed by atoms with Gasteiger partial charge in [-0.2, -0.15) is 0 Å². The van der Waals surface area contributed by atoms with E-state index in [1.54, 1.807) is 0 Å². The lowest BCUT2D eigenvalue weighted by atomic mass is 10.1. The first-order chi connectivity index (χ1) is 9.56. The van der Waals surface area contributed by atoms with Crippen molar-refractivity contribution in [2.45, 2.75) is 20.1 Å². The van der Waals surface area contributed by atoms with Crippen LogP contribution in [-0.4, -0.2) is 19.0 Å². The molecule has 3 heteroatoms. The third-order valence-corrected chi connectivity index (χ3v) is 3.49. The van der Waals surface area contributed by atoms with Gasteiger partial charge in [-0.3, -0.25) is 0 Å². The quantitative estimate of drug-likeness (QED) is 0.804. The zero-order chi connectivity index (χ0) is 14.5. The summed E-state index contributed by atoms with van der Waals surface area (Å²) in [7, 11) is 4.13. The second kappa shape index (κ2) is 6.91. The number of hydrogen-bond acceptors (Lipinski definition) is 2. The molecule has 0 radical (unpaired) electrons. The molecule has 2 aromatic carbocycles. The maximum absolute atomic E-state index is 6.06. The lowest BCUT2D eigenvalue weighted by Crippen LogP contribution is -2.12. The van der Waals surface area contributed by atoms with E-state index in [2.05, 4.69) is 66.1 Å². The summed E-state index contributed by atoms with van der Waals surface area (Å²) in [5, 5.41) is 0. The van der Waals surface area contributed by atoms with Crippen LogP contribution in [0.25, 0.3) is 0 Å². The maximum atomic E-state index is 6.06. The van der Waals surface area contributed by atoms with Crippen molar-refractivity contribution in [3.05, 3.63) is 63.6 Å². The minimum atomic E-state index is 0.601. The van der Waals surface area contributed by atoms with Crippen LogP contribution in [0.3, 0.4) is 0 Å². The number of halogens is 1. The summed E-state index contributed by atoms with van der Waals surface area (Å²) >= 11 is 3.56. The highest BCUT2D eigenvalue weighted by Crippen LogP contribution is 2.29. The minimum absolute atomic E-state index is 0.601. The van der Waals surface area contributed by atoms with Crippen molar-refractivity contribution in [3.8, 4) is 5.75 Å². The van der Waals surface area contributed by atoms with Crippen LogP contribution >= 0.6 is 15.9 Å². The van der Waals surface area contributed by atoms with Gasteiger partial charge in [0.1, 0.15) is 12.4 Å². The predicted molar refractivity (Wildman–Crippen MR) is 87.0 cm³/mol. The largest absolute Gasteiger partial charge is 0.488 e. The Morgan fingerprint density at radius 3 is 2.45 bits per heavy atom. The second-order valence-corrected chi connectivity index (χ2v) is 6.14. The fourth-order valence-corrected chi connectivity index (χ4v) is 2.81. The van der Waals surface area contributed by atoms with Gasteiger partial charge in [-0.15, -0.1) is 0 Å². The highest BCUT2D eigenvalue weighted by atomic mass is 79.9. The Hall–Kier alpha value is -1.32. The number of rotatable bonds is 5. The fourth-order valence-electron chi connectivity index (χ4n) is 2.19. The Kier molecular flexibility index (Phi) is 5.21. The summed E-state index contributed by atoms with van der Waals surface area (Å²) in [6.07, 6.45) is 0. The molecule has 2 aromatic rings. The molecule has 2 nitrogen and oxygen atoms in total. The number of nitrogens with zero attached hydrogens (tertiary/aromatic N) is 1. The molecule has 0 atom stereocenters. The fraction of sp³-hybridized carbons (Fsp3) is 0.294. The van der Waals surface area contributed by atoms with E-state index < -0.39 is 0 Å². The molecule has 0 aliphatic heterocycles. The highest BCUT2D eigenvalue weighted by Gasteiger charge is 2.10. The van der Waals surface area contributed by atoms with Crippen molar-refractivity contribution in [2.24, 2.45) is 0 Å². The number of benzene rings is 2. The van der Waals surface area contributed by atoms with Crippen LogP contribution < -0.4 is 4.74 Å². The van der Waals surface area contributed by atoms with Gasteiger partial charge in [0, 0.05) is 16.6 Å². The minimum Gasteiger partial charge on any atom is -0.488 e. The van der Waals surface area contributed by atoms with E-state index in [0.29, 0.717) is 6.61 Å². The van der Waals surface area contributed by atoms with E-state index in [1.165, 1.54) is 11.1 Å². The summed E-state index contributed by atoms with van der Waals surface area (Å²) in [5.74, 6) is 0.991. The number of ether oxygens (including phenoxy) is 1. The Morgan fingerprint density at radius 2 is 1.80 bits per heavy atom. The third-order valence-electron chi connectivity index (χ3n) is 3.03. The van der Waals surface area contributed by atoms with Crippen molar-refractivity contribution in [3.63, 3.8) is 0 Å². The molecule has 0 N–H and O–H groups in total. The molecular formula is C17H20BrNO. The van der Waals surface area contributed by atoms with Gasteiger partial charge in [0.15, 0.2) is 0 Å². The molecule has 0 heterocycles. The lowest BCUT2D eigenvalue weighted by Gasteiger charge is -2.18. The summed E-state index contributed by atoms with van der Waals surface area (Å²) in [5.41, 5.74) is 3.55. The summed E-state index contributed by atoms with van der Waals surface area (Å²) in [6, 6.07) is 14.5. The van der Waals surface area contributed by atoms with Crippen LogP contribution in [0.4, 0.5) is 0 Å². The van der Waals surface area contributed by atoms with Gasteiger partial charge >= 0.3 is 0 Å². The Bertz CT molecular complexity index is 567. The van der Waals surface area contributed by atoms with Crippen LogP contribution in [0.15, 0.2) is 46.9 Å². The van der Waals surface area contributed by atoms with Crippen molar-refractivity contribution in [1.29, 1.82) is 0 Å².